The molecule has 1 aromatic rings. The van der Waals surface area contributed by atoms with Gasteiger partial charge in [0.25, 0.3) is 0 Å². The highest BCUT2D eigenvalue weighted by Gasteiger charge is 2.17. The Labute approximate surface area is 82.9 Å². The molecule has 0 amide bonds. The number of carboxylic acids is 1. The molecule has 0 saturated heterocycles. The fourth-order valence-corrected chi connectivity index (χ4v) is 2.02. The molecular weight excluding hydrogens is 176 g/mol. The SMILES string of the molecule is Cc1cccc2c1C(CC(=O)O)=CC2. The second-order valence-corrected chi connectivity index (χ2v) is 3.61. The number of carbonyl (C=O) groups is 1. The zero-order chi connectivity index (χ0) is 10.1. The van der Waals surface area contributed by atoms with E-state index in [2.05, 4.69) is 6.07 Å². The van der Waals surface area contributed by atoms with Crippen LogP contribution in [0.1, 0.15) is 23.1 Å². The van der Waals surface area contributed by atoms with E-state index in [1.165, 1.54) is 11.1 Å². The van der Waals surface area contributed by atoms with Crippen LogP contribution in [-0.2, 0) is 11.2 Å². The highest BCUT2D eigenvalue weighted by Crippen LogP contribution is 2.32. The van der Waals surface area contributed by atoms with Crippen molar-refractivity contribution >= 4 is 11.5 Å². The lowest BCUT2D eigenvalue weighted by Gasteiger charge is -2.06. The number of benzene rings is 1. The van der Waals surface area contributed by atoms with Gasteiger partial charge in [-0.1, -0.05) is 24.3 Å². The van der Waals surface area contributed by atoms with E-state index >= 15 is 0 Å². The van der Waals surface area contributed by atoms with Crippen molar-refractivity contribution in [3.05, 3.63) is 41.0 Å². The lowest BCUT2D eigenvalue weighted by atomic mass is 9.98. The first-order valence-corrected chi connectivity index (χ1v) is 4.68. The fourth-order valence-electron chi connectivity index (χ4n) is 2.02. The minimum atomic E-state index is -0.757. The third kappa shape index (κ3) is 1.43. The summed E-state index contributed by atoms with van der Waals surface area (Å²) in [5.41, 5.74) is 4.54. The molecule has 14 heavy (non-hydrogen) atoms. The summed E-state index contributed by atoms with van der Waals surface area (Å²) < 4.78 is 0. The zero-order valence-electron chi connectivity index (χ0n) is 8.08. The first-order chi connectivity index (χ1) is 6.68. The first kappa shape index (κ1) is 9.00. The van der Waals surface area contributed by atoms with Crippen LogP contribution in [0, 0.1) is 6.92 Å². The topological polar surface area (TPSA) is 37.3 Å². The van der Waals surface area contributed by atoms with Gasteiger partial charge in [0.15, 0.2) is 0 Å². The van der Waals surface area contributed by atoms with Gasteiger partial charge >= 0.3 is 5.97 Å². The number of rotatable bonds is 2. The van der Waals surface area contributed by atoms with Crippen LogP contribution in [0.15, 0.2) is 24.3 Å². The van der Waals surface area contributed by atoms with Gasteiger partial charge in [-0.05, 0) is 35.6 Å². The Bertz CT molecular complexity index is 416. The molecule has 0 spiro atoms. The molecule has 2 nitrogen and oxygen atoms in total. The fraction of sp³-hybridized carbons (Fsp3) is 0.250. The van der Waals surface area contributed by atoms with E-state index < -0.39 is 5.97 Å². The highest BCUT2D eigenvalue weighted by atomic mass is 16.4. The monoisotopic (exact) mass is 188 g/mol. The van der Waals surface area contributed by atoms with E-state index in [4.69, 9.17) is 5.11 Å². The normalized spacial score (nSPS) is 13.6. The molecule has 0 aromatic heterocycles. The molecule has 0 heterocycles. The Morgan fingerprint density at radius 2 is 2.29 bits per heavy atom. The Hall–Kier alpha value is -1.57. The Morgan fingerprint density at radius 3 is 3.00 bits per heavy atom. The summed E-state index contributed by atoms with van der Waals surface area (Å²) in [7, 11) is 0. The average Bonchev–Trinajstić information content (AvgIpc) is 2.49. The molecule has 72 valence electrons. The van der Waals surface area contributed by atoms with Crippen LogP contribution in [0.2, 0.25) is 0 Å². The van der Waals surface area contributed by atoms with E-state index in [0.717, 1.165) is 17.6 Å². The summed E-state index contributed by atoms with van der Waals surface area (Å²) >= 11 is 0. The largest absolute Gasteiger partial charge is 0.481 e. The van der Waals surface area contributed by atoms with Crippen LogP contribution >= 0.6 is 0 Å². The number of fused-ring (bicyclic) bond motifs is 1. The number of hydrogen-bond donors (Lipinski definition) is 1. The van der Waals surface area contributed by atoms with Crippen LogP contribution in [0.5, 0.6) is 0 Å². The van der Waals surface area contributed by atoms with E-state index in [-0.39, 0.29) is 6.42 Å². The molecule has 1 aromatic carbocycles. The molecular formula is C12H12O2. The number of carboxylic acid groups (broad SMARTS) is 1. The van der Waals surface area contributed by atoms with Crippen molar-refractivity contribution in [1.29, 1.82) is 0 Å². The summed E-state index contributed by atoms with van der Waals surface area (Å²) in [5, 5.41) is 8.75. The number of aryl methyl sites for hydroxylation is 1. The number of allylic oxidation sites excluding steroid dienone is 1. The van der Waals surface area contributed by atoms with E-state index in [0.29, 0.717) is 0 Å². The molecule has 1 aliphatic carbocycles. The van der Waals surface area contributed by atoms with Gasteiger partial charge in [0.1, 0.15) is 0 Å². The smallest absolute Gasteiger partial charge is 0.307 e. The van der Waals surface area contributed by atoms with Crippen LogP contribution in [0.4, 0.5) is 0 Å². The van der Waals surface area contributed by atoms with Crippen LogP contribution in [-0.4, -0.2) is 11.1 Å². The second kappa shape index (κ2) is 3.29. The molecule has 0 saturated carbocycles. The Kier molecular flexibility index (Phi) is 2.12. The molecule has 0 radical (unpaired) electrons. The van der Waals surface area contributed by atoms with Crippen molar-refractivity contribution in [2.75, 3.05) is 0 Å². The third-order valence-electron chi connectivity index (χ3n) is 2.59. The van der Waals surface area contributed by atoms with Crippen LogP contribution < -0.4 is 0 Å². The zero-order valence-corrected chi connectivity index (χ0v) is 8.08. The van der Waals surface area contributed by atoms with E-state index in [1.54, 1.807) is 0 Å². The highest BCUT2D eigenvalue weighted by molar-refractivity contribution is 5.87. The molecule has 0 unspecified atom stereocenters. The standard InChI is InChI=1S/C12H12O2/c1-8-3-2-4-9-5-6-10(12(8)9)7-11(13)14/h2-4,6H,5,7H2,1H3,(H,13,14). The molecule has 2 heteroatoms. The molecule has 1 aliphatic rings. The van der Waals surface area contributed by atoms with Gasteiger partial charge < -0.3 is 5.11 Å². The van der Waals surface area contributed by atoms with Crippen LogP contribution in [0.25, 0.3) is 5.57 Å². The lowest BCUT2D eigenvalue weighted by molar-refractivity contribution is -0.135. The van der Waals surface area contributed by atoms with Gasteiger partial charge in [0, 0.05) is 0 Å². The van der Waals surface area contributed by atoms with Gasteiger partial charge in [0.2, 0.25) is 0 Å². The van der Waals surface area contributed by atoms with Crippen molar-refractivity contribution in [2.45, 2.75) is 19.8 Å². The number of aliphatic carboxylic acids is 1. The van der Waals surface area contributed by atoms with Crippen molar-refractivity contribution in [3.63, 3.8) is 0 Å². The summed E-state index contributed by atoms with van der Waals surface area (Å²) in [6, 6.07) is 6.11. The summed E-state index contributed by atoms with van der Waals surface area (Å²) in [6.45, 7) is 2.03. The van der Waals surface area contributed by atoms with Gasteiger partial charge in [-0.3, -0.25) is 4.79 Å². The van der Waals surface area contributed by atoms with E-state index in [9.17, 15) is 4.79 Å². The molecule has 0 aliphatic heterocycles. The lowest BCUT2D eigenvalue weighted by Crippen LogP contribution is -1.97. The minimum absolute atomic E-state index is 0.137. The number of hydrogen-bond acceptors (Lipinski definition) is 1. The van der Waals surface area contributed by atoms with Crippen molar-refractivity contribution in [2.24, 2.45) is 0 Å². The van der Waals surface area contributed by atoms with Gasteiger partial charge in [-0.25, -0.2) is 0 Å². The molecule has 1 N–H and O–H groups in total. The van der Waals surface area contributed by atoms with E-state index in [1.807, 2.05) is 25.1 Å². The van der Waals surface area contributed by atoms with Crippen LogP contribution in [0.3, 0.4) is 0 Å². The third-order valence-corrected chi connectivity index (χ3v) is 2.59. The first-order valence-electron chi connectivity index (χ1n) is 4.68. The molecule has 0 bridgehead atoms. The Balaban J connectivity index is 2.40. The maximum Gasteiger partial charge on any atom is 0.307 e. The summed E-state index contributed by atoms with van der Waals surface area (Å²) in [5.74, 6) is -0.757. The predicted octanol–water partition coefficient (Wildman–Crippen LogP) is 2.41. The van der Waals surface area contributed by atoms with Crippen molar-refractivity contribution in [3.8, 4) is 0 Å². The van der Waals surface area contributed by atoms with Gasteiger partial charge in [0.05, 0.1) is 6.42 Å². The van der Waals surface area contributed by atoms with Gasteiger partial charge in [-0.15, -0.1) is 0 Å². The second-order valence-electron chi connectivity index (χ2n) is 3.61. The minimum Gasteiger partial charge on any atom is -0.481 e. The van der Waals surface area contributed by atoms with Gasteiger partial charge in [-0.2, -0.15) is 0 Å². The van der Waals surface area contributed by atoms with Crippen molar-refractivity contribution in [1.82, 2.24) is 0 Å². The average molecular weight is 188 g/mol. The molecule has 2 rings (SSSR count). The predicted molar refractivity (Wildman–Crippen MR) is 55.1 cm³/mol. The maximum atomic E-state index is 10.6. The van der Waals surface area contributed by atoms with Crippen molar-refractivity contribution < 1.29 is 9.90 Å². The summed E-state index contributed by atoms with van der Waals surface area (Å²) in [4.78, 5) is 10.6. The quantitative estimate of drug-likeness (QED) is 0.773. The molecule has 0 atom stereocenters. The Morgan fingerprint density at radius 1 is 1.50 bits per heavy atom. The molecule has 0 fully saturated rings. The maximum absolute atomic E-state index is 10.6. The summed E-state index contributed by atoms with van der Waals surface area (Å²) in [6.07, 6.45) is 3.03.